The van der Waals surface area contributed by atoms with Gasteiger partial charge in [0.25, 0.3) is 5.91 Å². The molecule has 0 aliphatic rings. The number of carbonyl (C=O) groups is 1. The predicted molar refractivity (Wildman–Crippen MR) is 80.3 cm³/mol. The number of rotatable bonds is 2. The van der Waals surface area contributed by atoms with Crippen molar-refractivity contribution in [3.05, 3.63) is 57.0 Å². The smallest absolute Gasteiger partial charge is 0.255 e. The van der Waals surface area contributed by atoms with Crippen LogP contribution < -0.4 is 11.1 Å². The highest BCUT2D eigenvalue weighted by Crippen LogP contribution is 2.25. The molecular formula is C13H9Cl3N2O. The van der Waals surface area contributed by atoms with Gasteiger partial charge in [0.05, 0.1) is 20.8 Å². The van der Waals surface area contributed by atoms with Gasteiger partial charge in [0.2, 0.25) is 0 Å². The van der Waals surface area contributed by atoms with E-state index in [2.05, 4.69) is 5.32 Å². The molecule has 2 rings (SSSR count). The Morgan fingerprint density at radius 1 is 0.947 bits per heavy atom. The van der Waals surface area contributed by atoms with Crippen LogP contribution in [0.15, 0.2) is 36.4 Å². The topological polar surface area (TPSA) is 55.1 Å². The highest BCUT2D eigenvalue weighted by Gasteiger charge is 2.09. The van der Waals surface area contributed by atoms with E-state index in [1.165, 1.54) is 6.07 Å². The molecule has 2 aromatic carbocycles. The van der Waals surface area contributed by atoms with Crippen molar-refractivity contribution in [2.75, 3.05) is 11.1 Å². The number of nitrogens with two attached hydrogens (primary N) is 1. The van der Waals surface area contributed by atoms with Gasteiger partial charge in [-0.05, 0) is 36.4 Å². The molecule has 0 aromatic heterocycles. The first kappa shape index (κ1) is 14.0. The number of benzene rings is 2. The van der Waals surface area contributed by atoms with Crippen molar-refractivity contribution in [1.82, 2.24) is 0 Å². The number of anilines is 2. The van der Waals surface area contributed by atoms with Crippen LogP contribution in [-0.2, 0) is 0 Å². The highest BCUT2D eigenvalue weighted by atomic mass is 35.5. The van der Waals surface area contributed by atoms with Gasteiger partial charge >= 0.3 is 0 Å². The van der Waals surface area contributed by atoms with Gasteiger partial charge in [0.15, 0.2) is 0 Å². The van der Waals surface area contributed by atoms with E-state index < -0.39 is 0 Å². The van der Waals surface area contributed by atoms with Gasteiger partial charge in [-0.25, -0.2) is 0 Å². The summed E-state index contributed by atoms with van der Waals surface area (Å²) in [6.45, 7) is 0. The van der Waals surface area contributed by atoms with E-state index in [1.807, 2.05) is 0 Å². The van der Waals surface area contributed by atoms with Crippen molar-refractivity contribution in [1.29, 1.82) is 0 Å². The molecule has 0 fully saturated rings. The second-order valence-corrected chi connectivity index (χ2v) is 5.04. The van der Waals surface area contributed by atoms with Crippen molar-refractivity contribution < 1.29 is 4.79 Å². The minimum atomic E-state index is -0.306. The molecule has 0 aliphatic heterocycles. The second-order valence-electron chi connectivity index (χ2n) is 3.82. The monoisotopic (exact) mass is 314 g/mol. The standard InChI is InChI=1S/C13H9Cl3N2O/c14-9-3-1-7(5-10(9)15)13(19)18-8-2-4-12(17)11(16)6-8/h1-6H,17H2,(H,18,19). The maximum atomic E-state index is 12.0. The Bertz CT molecular complexity index is 644. The van der Waals surface area contributed by atoms with E-state index in [0.717, 1.165) is 0 Å². The molecule has 98 valence electrons. The van der Waals surface area contributed by atoms with Crippen molar-refractivity contribution in [2.24, 2.45) is 0 Å². The fourth-order valence-corrected chi connectivity index (χ4v) is 1.92. The summed E-state index contributed by atoms with van der Waals surface area (Å²) in [5.41, 5.74) is 7.00. The van der Waals surface area contributed by atoms with Crippen LogP contribution in [0.4, 0.5) is 11.4 Å². The molecule has 0 saturated heterocycles. The number of nitrogens with one attached hydrogen (secondary N) is 1. The minimum absolute atomic E-state index is 0.306. The SMILES string of the molecule is Nc1ccc(NC(=O)c2ccc(Cl)c(Cl)c2)cc1Cl. The molecule has 3 N–H and O–H groups in total. The number of amides is 1. The summed E-state index contributed by atoms with van der Waals surface area (Å²) in [5, 5.41) is 3.79. The largest absolute Gasteiger partial charge is 0.398 e. The molecule has 2 aromatic rings. The van der Waals surface area contributed by atoms with Crippen molar-refractivity contribution in [2.45, 2.75) is 0 Å². The number of hydrogen-bond donors (Lipinski definition) is 2. The average molecular weight is 316 g/mol. The zero-order chi connectivity index (χ0) is 14.0. The third-order valence-electron chi connectivity index (χ3n) is 2.44. The number of halogens is 3. The normalized spacial score (nSPS) is 10.3. The quantitative estimate of drug-likeness (QED) is 0.803. The Morgan fingerprint density at radius 2 is 1.68 bits per heavy atom. The van der Waals surface area contributed by atoms with Crippen LogP contribution in [0.3, 0.4) is 0 Å². The molecule has 0 atom stereocenters. The van der Waals surface area contributed by atoms with Crippen LogP contribution in [0.1, 0.15) is 10.4 Å². The fraction of sp³-hybridized carbons (Fsp3) is 0. The van der Waals surface area contributed by atoms with Crippen LogP contribution in [0.25, 0.3) is 0 Å². The molecule has 19 heavy (non-hydrogen) atoms. The molecule has 0 radical (unpaired) electrons. The summed E-state index contributed by atoms with van der Waals surface area (Å²) in [7, 11) is 0. The summed E-state index contributed by atoms with van der Waals surface area (Å²) in [6.07, 6.45) is 0. The lowest BCUT2D eigenvalue weighted by Crippen LogP contribution is -2.11. The lowest BCUT2D eigenvalue weighted by molar-refractivity contribution is 0.102. The van der Waals surface area contributed by atoms with Crippen LogP contribution in [-0.4, -0.2) is 5.91 Å². The summed E-state index contributed by atoms with van der Waals surface area (Å²) in [5.74, 6) is -0.306. The van der Waals surface area contributed by atoms with E-state index in [1.54, 1.807) is 30.3 Å². The van der Waals surface area contributed by atoms with Gasteiger partial charge in [-0.2, -0.15) is 0 Å². The van der Waals surface area contributed by atoms with Crippen LogP contribution in [0.5, 0.6) is 0 Å². The Balaban J connectivity index is 2.20. The van der Waals surface area contributed by atoms with Gasteiger partial charge in [0.1, 0.15) is 0 Å². The Labute approximate surface area is 125 Å². The molecule has 0 aliphatic carbocycles. The molecule has 6 heteroatoms. The zero-order valence-corrected chi connectivity index (χ0v) is 11.9. The second kappa shape index (κ2) is 5.70. The van der Waals surface area contributed by atoms with E-state index >= 15 is 0 Å². The van der Waals surface area contributed by atoms with Crippen molar-refractivity contribution in [3.63, 3.8) is 0 Å². The average Bonchev–Trinajstić information content (AvgIpc) is 2.37. The number of nitrogen functional groups attached to an aromatic ring is 1. The molecule has 0 heterocycles. The Hall–Kier alpha value is -1.42. The Morgan fingerprint density at radius 3 is 2.32 bits per heavy atom. The predicted octanol–water partition coefficient (Wildman–Crippen LogP) is 4.48. The maximum absolute atomic E-state index is 12.0. The van der Waals surface area contributed by atoms with E-state index in [4.69, 9.17) is 40.5 Å². The lowest BCUT2D eigenvalue weighted by atomic mass is 10.2. The molecular weight excluding hydrogens is 307 g/mol. The van der Waals surface area contributed by atoms with Crippen LogP contribution in [0.2, 0.25) is 15.1 Å². The third-order valence-corrected chi connectivity index (χ3v) is 3.51. The third kappa shape index (κ3) is 3.32. The molecule has 1 amide bonds. The summed E-state index contributed by atoms with van der Waals surface area (Å²) >= 11 is 17.5. The molecule has 3 nitrogen and oxygen atoms in total. The zero-order valence-electron chi connectivity index (χ0n) is 9.58. The van der Waals surface area contributed by atoms with Gasteiger partial charge < -0.3 is 11.1 Å². The summed E-state index contributed by atoms with van der Waals surface area (Å²) in [6, 6.07) is 9.51. The first-order valence-electron chi connectivity index (χ1n) is 5.29. The lowest BCUT2D eigenvalue weighted by Gasteiger charge is -2.07. The minimum Gasteiger partial charge on any atom is -0.398 e. The van der Waals surface area contributed by atoms with Crippen LogP contribution >= 0.6 is 34.8 Å². The molecule has 0 saturated carbocycles. The van der Waals surface area contributed by atoms with E-state index in [-0.39, 0.29) is 5.91 Å². The highest BCUT2D eigenvalue weighted by molar-refractivity contribution is 6.42. The summed E-state index contributed by atoms with van der Waals surface area (Å²) in [4.78, 5) is 12.0. The van der Waals surface area contributed by atoms with Gasteiger partial charge in [-0.1, -0.05) is 34.8 Å². The first-order chi connectivity index (χ1) is 8.97. The van der Waals surface area contributed by atoms with Crippen LogP contribution in [0, 0.1) is 0 Å². The van der Waals surface area contributed by atoms with Crippen molar-refractivity contribution >= 4 is 52.1 Å². The van der Waals surface area contributed by atoms with E-state index in [0.29, 0.717) is 32.0 Å². The maximum Gasteiger partial charge on any atom is 0.255 e. The first-order valence-corrected chi connectivity index (χ1v) is 6.42. The Kier molecular flexibility index (Phi) is 4.20. The van der Waals surface area contributed by atoms with Gasteiger partial charge in [0, 0.05) is 11.3 Å². The van der Waals surface area contributed by atoms with Gasteiger partial charge in [-0.3, -0.25) is 4.79 Å². The molecule has 0 bridgehead atoms. The molecule has 0 unspecified atom stereocenters. The number of carbonyl (C=O) groups excluding carboxylic acids is 1. The summed E-state index contributed by atoms with van der Waals surface area (Å²) < 4.78 is 0. The molecule has 0 spiro atoms. The fourth-order valence-electron chi connectivity index (χ4n) is 1.45. The van der Waals surface area contributed by atoms with Gasteiger partial charge in [-0.15, -0.1) is 0 Å². The van der Waals surface area contributed by atoms with Crippen molar-refractivity contribution in [3.8, 4) is 0 Å². The number of hydrogen-bond acceptors (Lipinski definition) is 2. The van der Waals surface area contributed by atoms with E-state index in [9.17, 15) is 4.79 Å².